The molecule has 0 radical (unpaired) electrons. The Morgan fingerprint density at radius 2 is 1.75 bits per heavy atom. The van der Waals surface area contributed by atoms with Crippen LogP contribution in [0.25, 0.3) is 0 Å². The molecule has 0 aromatic heterocycles. The van der Waals surface area contributed by atoms with Crippen LogP contribution in [0.5, 0.6) is 0 Å². The minimum absolute atomic E-state index is 0.0330. The Kier molecular flexibility index (Phi) is 12.9. The number of rotatable bonds is 9. The molecule has 9 nitrogen and oxygen atoms in total. The van der Waals surface area contributed by atoms with Crippen molar-refractivity contribution in [2.24, 2.45) is 0 Å². The lowest BCUT2D eigenvalue weighted by molar-refractivity contribution is -0.233. The van der Waals surface area contributed by atoms with Gasteiger partial charge in [0.2, 0.25) is 6.29 Å². The number of methoxy groups -OCH3 is 1. The van der Waals surface area contributed by atoms with E-state index in [4.69, 9.17) is 14.9 Å². The number of hydrogen-bond acceptors (Lipinski definition) is 9. The zero-order valence-corrected chi connectivity index (χ0v) is 22.5. The molecular weight excluding hydrogens is 533 g/mol. The standard InChI is InChI=1S/C19H20F3N.C9H15NO7/c1-3-15-9-11-16(12-10-15)13-14(2)18(19(20,21)22)23-17-7-5-4-6-8-17;1-14-9(13)15-3-6-8(12)5(11)2-7(17-6)16-4-10/h4-12,23H,3,13H2,1-2H3;4-8,10-12H,2-3H2,1H3/b18-14+;/t;5?,6?,7?,8-/m.0/s1. The Hall–Kier alpha value is -3.61. The largest absolute Gasteiger partial charge is 0.508 e. The monoisotopic (exact) mass is 568 g/mol. The number of carbonyl (C=O) groups is 1. The van der Waals surface area contributed by atoms with E-state index in [1.54, 1.807) is 30.3 Å². The number of para-hydroxylation sites is 1. The van der Waals surface area contributed by atoms with E-state index in [2.05, 4.69) is 14.8 Å². The smallest absolute Gasteiger partial charge is 0.455 e. The molecule has 0 aliphatic carbocycles. The molecule has 220 valence electrons. The number of aryl methyl sites for hydroxylation is 1. The molecule has 0 saturated carbocycles. The number of halogens is 3. The summed E-state index contributed by atoms with van der Waals surface area (Å²) in [6.07, 6.45) is -7.48. The number of aliphatic hydroxyl groups excluding tert-OH is 2. The quantitative estimate of drug-likeness (QED) is 0.190. The molecule has 1 aliphatic heterocycles. The number of ether oxygens (including phenoxy) is 4. The second kappa shape index (κ2) is 15.8. The van der Waals surface area contributed by atoms with Crippen LogP contribution in [-0.4, -0.2) is 67.3 Å². The molecular formula is C28H35F3N2O7. The summed E-state index contributed by atoms with van der Waals surface area (Å²) in [5.41, 5.74) is 2.06. The van der Waals surface area contributed by atoms with Gasteiger partial charge in [-0.05, 0) is 48.6 Å². The van der Waals surface area contributed by atoms with Crippen molar-refractivity contribution in [3.8, 4) is 0 Å². The van der Waals surface area contributed by atoms with Gasteiger partial charge in [0.25, 0.3) is 0 Å². The lowest BCUT2D eigenvalue weighted by Gasteiger charge is -2.35. The summed E-state index contributed by atoms with van der Waals surface area (Å²) < 4.78 is 58.9. The van der Waals surface area contributed by atoms with E-state index in [1.165, 1.54) is 12.5 Å². The fourth-order valence-corrected chi connectivity index (χ4v) is 3.80. The molecule has 0 bridgehead atoms. The van der Waals surface area contributed by atoms with Gasteiger partial charge in [0.05, 0.1) is 13.2 Å². The van der Waals surface area contributed by atoms with E-state index in [0.717, 1.165) is 19.1 Å². The fraction of sp³-hybridized carbons (Fsp3) is 0.429. The number of anilines is 1. The van der Waals surface area contributed by atoms with E-state index in [9.17, 15) is 28.2 Å². The molecule has 0 spiro atoms. The van der Waals surface area contributed by atoms with Crippen molar-refractivity contribution in [3.63, 3.8) is 0 Å². The molecule has 1 fully saturated rings. The van der Waals surface area contributed by atoms with Crippen molar-refractivity contribution < 1.29 is 47.1 Å². The summed E-state index contributed by atoms with van der Waals surface area (Å²) in [4.78, 5) is 10.7. The molecule has 1 saturated heterocycles. The lowest BCUT2D eigenvalue weighted by atomic mass is 10.0. The molecule has 4 atom stereocenters. The predicted molar refractivity (Wildman–Crippen MR) is 142 cm³/mol. The summed E-state index contributed by atoms with van der Waals surface area (Å²) >= 11 is 0. The van der Waals surface area contributed by atoms with Gasteiger partial charge in [-0.15, -0.1) is 0 Å². The van der Waals surface area contributed by atoms with Gasteiger partial charge in [0.1, 0.15) is 24.5 Å². The summed E-state index contributed by atoms with van der Waals surface area (Å²) in [7, 11) is 1.15. The van der Waals surface area contributed by atoms with Crippen LogP contribution in [0.15, 0.2) is 65.9 Å². The molecule has 4 N–H and O–H groups in total. The maximum absolute atomic E-state index is 13.4. The van der Waals surface area contributed by atoms with E-state index in [1.807, 2.05) is 31.2 Å². The summed E-state index contributed by atoms with van der Waals surface area (Å²) in [5.74, 6) is 0. The molecule has 40 heavy (non-hydrogen) atoms. The zero-order valence-electron chi connectivity index (χ0n) is 22.5. The van der Waals surface area contributed by atoms with Crippen molar-refractivity contribution in [1.82, 2.24) is 0 Å². The zero-order chi connectivity index (χ0) is 29.7. The summed E-state index contributed by atoms with van der Waals surface area (Å²) in [5, 5.41) is 28.4. The first-order valence-electron chi connectivity index (χ1n) is 12.5. The van der Waals surface area contributed by atoms with Gasteiger partial charge in [-0.3, -0.25) is 5.41 Å². The second-order valence-electron chi connectivity index (χ2n) is 8.91. The highest BCUT2D eigenvalue weighted by Gasteiger charge is 2.38. The van der Waals surface area contributed by atoms with Crippen LogP contribution in [0.4, 0.5) is 23.7 Å². The van der Waals surface area contributed by atoms with Gasteiger partial charge in [-0.1, -0.05) is 49.4 Å². The molecule has 1 aliphatic rings. The Labute approximate surface area is 231 Å². The SMILES string of the molecule is CCc1ccc(C/C(C)=C(/Nc2ccccc2)C(F)(F)F)cc1.COC(=O)OCC1OC(OC=N)CC(O)[C@@H]1O. The number of allylic oxidation sites excluding steroid dienone is 2. The first-order chi connectivity index (χ1) is 19.0. The second-order valence-corrected chi connectivity index (χ2v) is 8.91. The summed E-state index contributed by atoms with van der Waals surface area (Å²) in [6.45, 7) is 3.29. The minimum Gasteiger partial charge on any atom is -0.455 e. The molecule has 1 heterocycles. The van der Waals surface area contributed by atoms with Gasteiger partial charge >= 0.3 is 12.3 Å². The van der Waals surface area contributed by atoms with Crippen molar-refractivity contribution in [2.75, 3.05) is 19.0 Å². The summed E-state index contributed by atoms with van der Waals surface area (Å²) in [6, 6.07) is 16.1. The van der Waals surface area contributed by atoms with Crippen molar-refractivity contribution in [3.05, 3.63) is 77.0 Å². The van der Waals surface area contributed by atoms with Crippen molar-refractivity contribution in [2.45, 2.75) is 63.9 Å². The van der Waals surface area contributed by atoms with Gasteiger partial charge in [0, 0.05) is 12.1 Å². The van der Waals surface area contributed by atoms with Crippen LogP contribution < -0.4 is 5.32 Å². The van der Waals surface area contributed by atoms with Crippen LogP contribution in [-0.2, 0) is 31.8 Å². The van der Waals surface area contributed by atoms with Crippen LogP contribution in [0.3, 0.4) is 0 Å². The molecule has 12 heteroatoms. The van der Waals surface area contributed by atoms with Gasteiger partial charge in [-0.25, -0.2) is 4.79 Å². The third-order valence-electron chi connectivity index (χ3n) is 5.94. The molecule has 2 aromatic rings. The number of aliphatic hydroxyl groups is 2. The van der Waals surface area contributed by atoms with Gasteiger partial charge in [0.15, 0.2) is 6.40 Å². The number of benzene rings is 2. The van der Waals surface area contributed by atoms with E-state index < -0.39 is 42.6 Å². The Balaban J connectivity index is 0.000000294. The van der Waals surface area contributed by atoms with Crippen LogP contribution in [0, 0.1) is 5.41 Å². The average molecular weight is 569 g/mol. The molecule has 3 unspecified atom stereocenters. The number of carbonyl (C=O) groups excluding carboxylic acids is 1. The maximum atomic E-state index is 13.4. The Morgan fingerprint density at radius 3 is 2.30 bits per heavy atom. The fourth-order valence-electron chi connectivity index (χ4n) is 3.80. The highest BCUT2D eigenvalue weighted by molar-refractivity contribution is 5.59. The maximum Gasteiger partial charge on any atom is 0.508 e. The van der Waals surface area contributed by atoms with Crippen LogP contribution in [0.2, 0.25) is 0 Å². The highest BCUT2D eigenvalue weighted by atomic mass is 19.4. The Morgan fingerprint density at radius 1 is 1.12 bits per heavy atom. The van der Waals surface area contributed by atoms with E-state index >= 15 is 0 Å². The molecule has 3 rings (SSSR count). The first-order valence-corrected chi connectivity index (χ1v) is 12.5. The van der Waals surface area contributed by atoms with Crippen molar-refractivity contribution >= 4 is 18.2 Å². The molecule has 0 amide bonds. The average Bonchev–Trinajstić information content (AvgIpc) is 2.93. The van der Waals surface area contributed by atoms with E-state index in [0.29, 0.717) is 12.1 Å². The topological polar surface area (TPSA) is 130 Å². The highest BCUT2D eigenvalue weighted by Crippen LogP contribution is 2.30. The first kappa shape index (κ1) is 32.6. The van der Waals surface area contributed by atoms with Crippen molar-refractivity contribution in [1.29, 1.82) is 5.41 Å². The lowest BCUT2D eigenvalue weighted by Crippen LogP contribution is -2.51. The van der Waals surface area contributed by atoms with Gasteiger partial charge in [-0.2, -0.15) is 13.2 Å². The number of hydrogen-bond donors (Lipinski definition) is 4. The van der Waals surface area contributed by atoms with E-state index in [-0.39, 0.29) is 25.0 Å². The van der Waals surface area contributed by atoms with Crippen LogP contribution >= 0.6 is 0 Å². The van der Waals surface area contributed by atoms with Gasteiger partial charge < -0.3 is 34.5 Å². The minimum atomic E-state index is -4.41. The third kappa shape index (κ3) is 10.5. The molecule has 2 aromatic carbocycles. The Bertz CT molecular complexity index is 1100. The normalized spacial score (nSPS) is 21.2. The third-order valence-corrected chi connectivity index (χ3v) is 5.94. The van der Waals surface area contributed by atoms with Crippen LogP contribution in [0.1, 0.15) is 31.4 Å². The number of nitrogens with one attached hydrogen (secondary N) is 2. The number of alkyl halides is 3. The predicted octanol–water partition coefficient (Wildman–Crippen LogP) is 4.97.